The van der Waals surface area contributed by atoms with Crippen molar-refractivity contribution in [3.05, 3.63) is 29.8 Å². The number of hydrogen-bond acceptors (Lipinski definition) is 3. The van der Waals surface area contributed by atoms with Crippen molar-refractivity contribution in [2.24, 2.45) is 11.8 Å². The zero-order chi connectivity index (χ0) is 15.6. The van der Waals surface area contributed by atoms with Gasteiger partial charge in [0.1, 0.15) is 0 Å². The van der Waals surface area contributed by atoms with Gasteiger partial charge in [0.15, 0.2) is 0 Å². The van der Waals surface area contributed by atoms with Gasteiger partial charge in [-0.2, -0.15) is 0 Å². The lowest BCUT2D eigenvalue weighted by Gasteiger charge is -2.34. The third-order valence-corrected chi connectivity index (χ3v) is 5.89. The predicted octanol–water partition coefficient (Wildman–Crippen LogP) is 2.49. The second-order valence-electron chi connectivity index (χ2n) is 5.83. The van der Waals surface area contributed by atoms with E-state index in [0.29, 0.717) is 5.92 Å². The van der Waals surface area contributed by atoms with Crippen LogP contribution in [0.3, 0.4) is 0 Å². The van der Waals surface area contributed by atoms with E-state index >= 15 is 0 Å². The van der Waals surface area contributed by atoms with Gasteiger partial charge in [0, 0.05) is 6.04 Å². The molecule has 0 aliphatic heterocycles. The lowest BCUT2D eigenvalue weighted by molar-refractivity contribution is 0.0696. The Morgan fingerprint density at radius 1 is 1.29 bits per heavy atom. The minimum Gasteiger partial charge on any atom is -0.478 e. The molecular weight excluding hydrogens is 290 g/mol. The Kier molecular flexibility index (Phi) is 4.68. The molecule has 1 aliphatic carbocycles. The molecule has 0 radical (unpaired) electrons. The molecule has 0 saturated heterocycles. The summed E-state index contributed by atoms with van der Waals surface area (Å²) < 4.78 is 27.6. The standard InChI is InChI=1S/C15H21NO4S/c1-10-5-3-8-14(11(10)2)16-21(19,20)13-7-4-6-12(9-13)15(17)18/h4,6-7,9-11,14,16H,3,5,8H2,1-2H3,(H,17,18)/t10-,11+,14+/m0/s1. The molecule has 21 heavy (non-hydrogen) atoms. The first-order valence-electron chi connectivity index (χ1n) is 7.17. The normalized spacial score (nSPS) is 26.5. The number of carbonyl (C=O) groups is 1. The average molecular weight is 311 g/mol. The molecule has 2 rings (SSSR count). The molecule has 6 heteroatoms. The van der Waals surface area contributed by atoms with E-state index in [1.165, 1.54) is 24.3 Å². The molecule has 1 aromatic rings. The van der Waals surface area contributed by atoms with E-state index in [0.717, 1.165) is 19.3 Å². The summed E-state index contributed by atoms with van der Waals surface area (Å²) in [5, 5.41) is 8.96. The number of carboxylic acid groups (broad SMARTS) is 1. The largest absolute Gasteiger partial charge is 0.478 e. The van der Waals surface area contributed by atoms with Gasteiger partial charge in [-0.15, -0.1) is 0 Å². The summed E-state index contributed by atoms with van der Waals surface area (Å²) in [4.78, 5) is 11.0. The lowest BCUT2D eigenvalue weighted by Crippen LogP contribution is -2.43. The average Bonchev–Trinajstić information content (AvgIpc) is 2.44. The van der Waals surface area contributed by atoms with E-state index in [-0.39, 0.29) is 22.4 Å². The van der Waals surface area contributed by atoms with Crippen molar-refractivity contribution in [1.82, 2.24) is 4.72 Å². The van der Waals surface area contributed by atoms with Crippen molar-refractivity contribution < 1.29 is 18.3 Å². The molecule has 2 N–H and O–H groups in total. The number of benzene rings is 1. The molecule has 5 nitrogen and oxygen atoms in total. The smallest absolute Gasteiger partial charge is 0.335 e. The van der Waals surface area contributed by atoms with E-state index in [4.69, 9.17) is 5.11 Å². The fourth-order valence-electron chi connectivity index (χ4n) is 2.81. The molecule has 0 spiro atoms. The maximum Gasteiger partial charge on any atom is 0.335 e. The van der Waals surface area contributed by atoms with E-state index in [1.54, 1.807) is 0 Å². The van der Waals surface area contributed by atoms with Gasteiger partial charge in [0.2, 0.25) is 10.0 Å². The molecule has 0 aromatic heterocycles. The van der Waals surface area contributed by atoms with E-state index in [9.17, 15) is 13.2 Å². The zero-order valence-corrected chi connectivity index (χ0v) is 13.1. The van der Waals surface area contributed by atoms with Crippen molar-refractivity contribution in [2.45, 2.75) is 44.0 Å². The third kappa shape index (κ3) is 3.63. The summed E-state index contributed by atoms with van der Waals surface area (Å²) in [6.07, 6.45) is 2.95. The quantitative estimate of drug-likeness (QED) is 0.895. The van der Waals surface area contributed by atoms with Crippen molar-refractivity contribution in [1.29, 1.82) is 0 Å². The van der Waals surface area contributed by atoms with Gasteiger partial charge in [-0.25, -0.2) is 17.9 Å². The van der Waals surface area contributed by atoms with Gasteiger partial charge in [-0.1, -0.05) is 32.8 Å². The number of carboxylic acids is 1. The highest BCUT2D eigenvalue weighted by Gasteiger charge is 2.30. The molecule has 1 aliphatic rings. The minimum absolute atomic E-state index is 0.00725. The number of rotatable bonds is 4. The van der Waals surface area contributed by atoms with Crippen LogP contribution in [0.25, 0.3) is 0 Å². The highest BCUT2D eigenvalue weighted by atomic mass is 32.2. The van der Waals surface area contributed by atoms with Crippen LogP contribution in [0.1, 0.15) is 43.5 Å². The second kappa shape index (κ2) is 6.15. The molecule has 1 aromatic carbocycles. The number of hydrogen-bond donors (Lipinski definition) is 2. The summed E-state index contributed by atoms with van der Waals surface area (Å²) in [5.74, 6) is -0.375. The Hall–Kier alpha value is -1.40. The van der Waals surface area contributed by atoms with Crippen molar-refractivity contribution in [3.63, 3.8) is 0 Å². The van der Waals surface area contributed by atoms with Gasteiger partial charge in [-0.05, 0) is 36.5 Å². The highest BCUT2D eigenvalue weighted by Crippen LogP contribution is 2.30. The minimum atomic E-state index is -3.69. The Morgan fingerprint density at radius 2 is 2.00 bits per heavy atom. The maximum atomic E-state index is 12.4. The van der Waals surface area contributed by atoms with Crippen LogP contribution in [-0.4, -0.2) is 25.5 Å². The molecule has 3 atom stereocenters. The summed E-state index contributed by atoms with van der Waals surface area (Å²) in [6, 6.07) is 5.36. The fraction of sp³-hybridized carbons (Fsp3) is 0.533. The van der Waals surface area contributed by atoms with Crippen LogP contribution in [0.5, 0.6) is 0 Å². The first kappa shape index (κ1) is 16.0. The molecule has 0 bridgehead atoms. The van der Waals surface area contributed by atoms with Gasteiger partial charge < -0.3 is 5.11 Å². The van der Waals surface area contributed by atoms with E-state index in [1.807, 2.05) is 0 Å². The van der Waals surface area contributed by atoms with Crippen molar-refractivity contribution in [3.8, 4) is 0 Å². The monoisotopic (exact) mass is 311 g/mol. The summed E-state index contributed by atoms with van der Waals surface area (Å²) in [5.41, 5.74) is -0.0251. The SMILES string of the molecule is C[C@@H]1[C@@H](C)CCC[C@H]1NS(=O)(=O)c1cccc(C(=O)O)c1. The summed E-state index contributed by atoms with van der Waals surface area (Å²) in [7, 11) is -3.69. The lowest BCUT2D eigenvalue weighted by atomic mass is 9.78. The molecule has 0 amide bonds. The number of nitrogens with one attached hydrogen (secondary N) is 1. The fourth-order valence-corrected chi connectivity index (χ4v) is 4.22. The van der Waals surface area contributed by atoms with Crippen LogP contribution in [-0.2, 0) is 10.0 Å². The van der Waals surface area contributed by atoms with Gasteiger partial charge in [0.05, 0.1) is 10.5 Å². The molecular formula is C15H21NO4S. The van der Waals surface area contributed by atoms with Crippen LogP contribution >= 0.6 is 0 Å². The Morgan fingerprint density at radius 3 is 2.67 bits per heavy atom. The van der Waals surface area contributed by atoms with Gasteiger partial charge in [0.25, 0.3) is 0 Å². The highest BCUT2D eigenvalue weighted by molar-refractivity contribution is 7.89. The van der Waals surface area contributed by atoms with Crippen molar-refractivity contribution in [2.75, 3.05) is 0 Å². The molecule has 1 saturated carbocycles. The van der Waals surface area contributed by atoms with Gasteiger partial charge >= 0.3 is 5.97 Å². The Labute approximate surface area is 125 Å². The Balaban J connectivity index is 2.22. The summed E-state index contributed by atoms with van der Waals surface area (Å²) >= 11 is 0. The van der Waals surface area contributed by atoms with Crippen LogP contribution < -0.4 is 4.72 Å². The topological polar surface area (TPSA) is 83.5 Å². The first-order valence-corrected chi connectivity index (χ1v) is 8.65. The predicted molar refractivity (Wildman–Crippen MR) is 79.7 cm³/mol. The van der Waals surface area contributed by atoms with E-state index in [2.05, 4.69) is 18.6 Å². The first-order chi connectivity index (χ1) is 9.81. The van der Waals surface area contributed by atoms with Gasteiger partial charge in [-0.3, -0.25) is 0 Å². The molecule has 0 unspecified atom stereocenters. The van der Waals surface area contributed by atoms with Crippen LogP contribution in [0.15, 0.2) is 29.2 Å². The zero-order valence-electron chi connectivity index (χ0n) is 12.2. The van der Waals surface area contributed by atoms with Crippen LogP contribution in [0.2, 0.25) is 0 Å². The number of sulfonamides is 1. The summed E-state index contributed by atoms with van der Waals surface area (Å²) in [6.45, 7) is 4.20. The third-order valence-electron chi connectivity index (χ3n) is 4.40. The second-order valence-corrected chi connectivity index (χ2v) is 7.54. The molecule has 0 heterocycles. The van der Waals surface area contributed by atoms with Crippen LogP contribution in [0, 0.1) is 11.8 Å². The number of aromatic carboxylic acids is 1. The van der Waals surface area contributed by atoms with E-state index < -0.39 is 16.0 Å². The maximum absolute atomic E-state index is 12.4. The molecule has 1 fully saturated rings. The van der Waals surface area contributed by atoms with Crippen molar-refractivity contribution >= 4 is 16.0 Å². The Bertz CT molecular complexity index is 626. The molecule has 116 valence electrons. The van der Waals surface area contributed by atoms with Crippen LogP contribution in [0.4, 0.5) is 0 Å².